The fraction of sp³-hybridized carbons (Fsp3) is 0.609. The minimum atomic E-state index is 0.0222. The van der Waals surface area contributed by atoms with E-state index in [-0.39, 0.29) is 5.91 Å². The van der Waals surface area contributed by atoms with Crippen molar-refractivity contribution in [2.45, 2.75) is 26.8 Å². The van der Waals surface area contributed by atoms with E-state index >= 15 is 0 Å². The first-order valence-electron chi connectivity index (χ1n) is 10.6. The molecule has 168 valence electrons. The van der Waals surface area contributed by atoms with Crippen molar-refractivity contribution in [2.24, 2.45) is 5.92 Å². The van der Waals surface area contributed by atoms with E-state index in [2.05, 4.69) is 31.0 Å². The Hall–Kier alpha value is -2.25. The highest BCUT2D eigenvalue weighted by Gasteiger charge is 2.23. The lowest BCUT2D eigenvalue weighted by Crippen LogP contribution is -2.53. The van der Waals surface area contributed by atoms with Crippen molar-refractivity contribution >= 4 is 12.0 Å². The molecule has 0 bridgehead atoms. The third-order valence-corrected chi connectivity index (χ3v) is 5.35. The zero-order chi connectivity index (χ0) is 22.1. The first-order valence-corrected chi connectivity index (χ1v) is 10.6. The minimum absolute atomic E-state index is 0.0222. The summed E-state index contributed by atoms with van der Waals surface area (Å²) in [6.07, 6.45) is 3.40. The van der Waals surface area contributed by atoms with Crippen molar-refractivity contribution in [3.8, 4) is 17.2 Å². The predicted octanol–water partition coefficient (Wildman–Crippen LogP) is 2.50. The summed E-state index contributed by atoms with van der Waals surface area (Å²) >= 11 is 0. The summed E-state index contributed by atoms with van der Waals surface area (Å²) in [5.41, 5.74) is 0.821. The van der Waals surface area contributed by atoms with Crippen LogP contribution in [0.3, 0.4) is 0 Å². The largest absolute Gasteiger partial charge is 0.493 e. The van der Waals surface area contributed by atoms with Crippen LogP contribution in [0.4, 0.5) is 0 Å². The average Bonchev–Trinajstić information content (AvgIpc) is 2.76. The summed E-state index contributed by atoms with van der Waals surface area (Å²) in [5.74, 6) is 2.35. The van der Waals surface area contributed by atoms with Gasteiger partial charge in [-0.15, -0.1) is 0 Å². The van der Waals surface area contributed by atoms with Crippen LogP contribution in [0.25, 0.3) is 6.08 Å². The summed E-state index contributed by atoms with van der Waals surface area (Å²) in [4.78, 5) is 17.0. The van der Waals surface area contributed by atoms with Crippen LogP contribution in [0, 0.1) is 5.92 Å². The predicted molar refractivity (Wildman–Crippen MR) is 120 cm³/mol. The Balaban J connectivity index is 1.91. The molecule has 1 aromatic rings. The molecular weight excluding hydrogens is 382 g/mol. The van der Waals surface area contributed by atoms with E-state index in [1.54, 1.807) is 33.5 Å². The summed E-state index contributed by atoms with van der Waals surface area (Å²) in [6, 6.07) is 4.12. The van der Waals surface area contributed by atoms with Gasteiger partial charge in [0.25, 0.3) is 0 Å². The van der Waals surface area contributed by atoms with Crippen molar-refractivity contribution < 1.29 is 19.0 Å². The molecule has 0 spiro atoms. The van der Waals surface area contributed by atoms with Crippen molar-refractivity contribution in [3.05, 3.63) is 23.8 Å². The fourth-order valence-electron chi connectivity index (χ4n) is 3.56. The third kappa shape index (κ3) is 6.64. The molecule has 1 aliphatic heterocycles. The third-order valence-electron chi connectivity index (χ3n) is 5.35. The molecule has 1 heterocycles. The van der Waals surface area contributed by atoms with Gasteiger partial charge in [0, 0.05) is 44.8 Å². The van der Waals surface area contributed by atoms with E-state index < -0.39 is 0 Å². The van der Waals surface area contributed by atoms with Gasteiger partial charge in [0.15, 0.2) is 11.5 Å². The van der Waals surface area contributed by atoms with Crippen LogP contribution in [0.15, 0.2) is 18.2 Å². The lowest BCUT2D eigenvalue weighted by atomic mass is 10.1. The molecular formula is C23H37N3O4. The number of benzene rings is 1. The SMILES string of the molecule is COc1cc(/C=C/C(=O)N2CCN(C(C)CNCC(C)C)CC2)cc(OC)c1OC. The lowest BCUT2D eigenvalue weighted by Gasteiger charge is -2.37. The summed E-state index contributed by atoms with van der Waals surface area (Å²) < 4.78 is 16.1. The van der Waals surface area contributed by atoms with E-state index in [9.17, 15) is 4.79 Å². The Morgan fingerprint density at radius 2 is 1.60 bits per heavy atom. The topological polar surface area (TPSA) is 63.3 Å². The number of carbonyl (C=O) groups excluding carboxylic acids is 1. The molecule has 0 aromatic heterocycles. The molecule has 2 rings (SSSR count). The van der Waals surface area contributed by atoms with E-state index in [4.69, 9.17) is 14.2 Å². The van der Waals surface area contributed by atoms with Gasteiger partial charge in [0.1, 0.15) is 0 Å². The standard InChI is InChI=1S/C23H37N3O4/c1-17(2)15-24-16-18(3)25-9-11-26(12-10-25)22(27)8-7-19-13-20(28-4)23(30-6)21(14-19)29-5/h7-8,13-14,17-18,24H,9-12,15-16H2,1-6H3/b8-7+. The molecule has 0 radical (unpaired) electrons. The highest BCUT2D eigenvalue weighted by atomic mass is 16.5. The molecule has 1 atom stereocenters. The highest BCUT2D eigenvalue weighted by molar-refractivity contribution is 5.92. The molecule has 0 aliphatic carbocycles. The van der Waals surface area contributed by atoms with Crippen LogP contribution in [-0.2, 0) is 4.79 Å². The number of amides is 1. The number of nitrogens with one attached hydrogen (secondary N) is 1. The average molecular weight is 420 g/mol. The number of hydrogen-bond donors (Lipinski definition) is 1. The quantitative estimate of drug-likeness (QED) is 0.588. The van der Waals surface area contributed by atoms with Gasteiger partial charge in [-0.05, 0) is 43.2 Å². The molecule has 7 nitrogen and oxygen atoms in total. The van der Waals surface area contributed by atoms with Gasteiger partial charge in [-0.25, -0.2) is 0 Å². The van der Waals surface area contributed by atoms with E-state index in [1.807, 2.05) is 17.0 Å². The molecule has 7 heteroatoms. The Morgan fingerprint density at radius 3 is 2.10 bits per heavy atom. The Kier molecular flexibility index (Phi) is 9.46. The molecule has 1 saturated heterocycles. The van der Waals surface area contributed by atoms with Crippen molar-refractivity contribution in [1.82, 2.24) is 15.1 Å². The molecule has 1 aliphatic rings. The van der Waals surface area contributed by atoms with Crippen LogP contribution in [0.1, 0.15) is 26.3 Å². The van der Waals surface area contributed by atoms with Gasteiger partial charge in [-0.2, -0.15) is 0 Å². The second-order valence-corrected chi connectivity index (χ2v) is 8.05. The first-order chi connectivity index (χ1) is 14.4. The monoisotopic (exact) mass is 419 g/mol. The molecule has 1 amide bonds. The summed E-state index contributed by atoms with van der Waals surface area (Å²) in [6.45, 7) is 12.0. The van der Waals surface area contributed by atoms with Crippen LogP contribution in [0.2, 0.25) is 0 Å². The van der Waals surface area contributed by atoms with Gasteiger partial charge in [0.05, 0.1) is 21.3 Å². The molecule has 30 heavy (non-hydrogen) atoms. The smallest absolute Gasteiger partial charge is 0.246 e. The molecule has 1 unspecified atom stereocenters. The lowest BCUT2D eigenvalue weighted by molar-refractivity contribution is -0.127. The van der Waals surface area contributed by atoms with Crippen molar-refractivity contribution in [3.63, 3.8) is 0 Å². The van der Waals surface area contributed by atoms with E-state index in [0.29, 0.717) is 29.2 Å². The zero-order valence-corrected chi connectivity index (χ0v) is 19.2. The van der Waals surface area contributed by atoms with Gasteiger partial charge in [0.2, 0.25) is 11.7 Å². The minimum Gasteiger partial charge on any atom is -0.493 e. The number of hydrogen-bond acceptors (Lipinski definition) is 6. The maximum absolute atomic E-state index is 12.6. The van der Waals surface area contributed by atoms with Gasteiger partial charge in [-0.3, -0.25) is 9.69 Å². The Bertz CT molecular complexity index is 687. The normalized spacial score (nSPS) is 16.2. The van der Waals surface area contributed by atoms with Gasteiger partial charge < -0.3 is 24.4 Å². The number of rotatable bonds is 10. The van der Waals surface area contributed by atoms with Crippen LogP contribution in [-0.4, -0.2) is 82.3 Å². The number of piperazine rings is 1. The maximum Gasteiger partial charge on any atom is 0.246 e. The van der Waals surface area contributed by atoms with Gasteiger partial charge in [-0.1, -0.05) is 13.8 Å². The highest BCUT2D eigenvalue weighted by Crippen LogP contribution is 2.38. The van der Waals surface area contributed by atoms with Crippen molar-refractivity contribution in [1.29, 1.82) is 0 Å². The fourth-order valence-corrected chi connectivity index (χ4v) is 3.56. The first kappa shape index (κ1) is 24.0. The number of methoxy groups -OCH3 is 3. The zero-order valence-electron chi connectivity index (χ0n) is 19.2. The van der Waals surface area contributed by atoms with Crippen molar-refractivity contribution in [2.75, 3.05) is 60.6 Å². The Labute approximate surface area is 181 Å². The van der Waals surface area contributed by atoms with Crippen LogP contribution in [0.5, 0.6) is 17.2 Å². The molecule has 1 N–H and O–H groups in total. The number of carbonyl (C=O) groups is 1. The maximum atomic E-state index is 12.6. The second kappa shape index (κ2) is 11.8. The number of nitrogens with zero attached hydrogens (tertiary/aromatic N) is 2. The van der Waals surface area contributed by atoms with E-state index in [0.717, 1.165) is 44.8 Å². The van der Waals surface area contributed by atoms with Crippen LogP contribution >= 0.6 is 0 Å². The number of ether oxygens (including phenoxy) is 3. The second-order valence-electron chi connectivity index (χ2n) is 8.05. The Morgan fingerprint density at radius 1 is 1.00 bits per heavy atom. The summed E-state index contributed by atoms with van der Waals surface area (Å²) in [5, 5.41) is 3.52. The van der Waals surface area contributed by atoms with Crippen LogP contribution < -0.4 is 19.5 Å². The molecule has 1 fully saturated rings. The molecule has 0 saturated carbocycles. The van der Waals surface area contributed by atoms with E-state index in [1.165, 1.54) is 0 Å². The van der Waals surface area contributed by atoms with Gasteiger partial charge >= 0.3 is 0 Å². The molecule has 1 aromatic carbocycles. The summed E-state index contributed by atoms with van der Waals surface area (Å²) in [7, 11) is 4.73.